The lowest BCUT2D eigenvalue weighted by molar-refractivity contribution is 0.340. The van der Waals surface area contributed by atoms with Crippen molar-refractivity contribution in [2.24, 2.45) is 5.92 Å². The third kappa shape index (κ3) is 5.62. The molecule has 0 amide bonds. The van der Waals surface area contributed by atoms with E-state index in [9.17, 15) is 0 Å². The third-order valence-corrected chi connectivity index (χ3v) is 2.76. The minimum Gasteiger partial charge on any atom is -0.494 e. The fraction of sp³-hybridized carbons (Fsp3) is 0.600. The van der Waals surface area contributed by atoms with Gasteiger partial charge in [0.2, 0.25) is 0 Å². The van der Waals surface area contributed by atoms with Gasteiger partial charge in [0.1, 0.15) is 5.75 Å². The number of benzene rings is 1. The third-order valence-electron chi connectivity index (χ3n) is 2.76. The Morgan fingerprint density at radius 1 is 1.06 bits per heavy atom. The number of ether oxygens (including phenoxy) is 1. The molecule has 0 aliphatic carbocycles. The van der Waals surface area contributed by atoms with E-state index in [1.54, 1.807) is 0 Å². The van der Waals surface area contributed by atoms with Crippen molar-refractivity contribution in [3.05, 3.63) is 24.3 Å². The summed E-state index contributed by atoms with van der Waals surface area (Å²) in [6, 6.07) is 8.71. The summed E-state index contributed by atoms with van der Waals surface area (Å²) in [6.07, 6.45) is 2.48. The highest BCUT2D eigenvalue weighted by atomic mass is 16.5. The van der Waals surface area contributed by atoms with Crippen LogP contribution in [0.1, 0.15) is 40.5 Å². The summed E-state index contributed by atoms with van der Waals surface area (Å²) in [4.78, 5) is 0. The van der Waals surface area contributed by atoms with Crippen LogP contribution in [0.25, 0.3) is 0 Å². The van der Waals surface area contributed by atoms with Crippen molar-refractivity contribution >= 4 is 5.69 Å². The normalized spacial score (nSPS) is 12.5. The highest BCUT2D eigenvalue weighted by molar-refractivity contribution is 5.46. The molecule has 0 fully saturated rings. The van der Waals surface area contributed by atoms with Crippen LogP contribution in [-0.4, -0.2) is 12.6 Å². The first-order valence-corrected chi connectivity index (χ1v) is 6.61. The van der Waals surface area contributed by atoms with Gasteiger partial charge in [-0.1, -0.05) is 13.8 Å². The number of anilines is 1. The van der Waals surface area contributed by atoms with Gasteiger partial charge in [0.15, 0.2) is 0 Å². The van der Waals surface area contributed by atoms with Crippen LogP contribution in [0.3, 0.4) is 0 Å². The molecule has 17 heavy (non-hydrogen) atoms. The Morgan fingerprint density at radius 2 is 1.71 bits per heavy atom. The maximum Gasteiger partial charge on any atom is 0.119 e. The van der Waals surface area contributed by atoms with Crippen molar-refractivity contribution in [1.29, 1.82) is 0 Å². The Bertz CT molecular complexity index is 305. The maximum absolute atomic E-state index is 5.42. The summed E-state index contributed by atoms with van der Waals surface area (Å²) in [5.74, 6) is 1.72. The molecule has 0 aliphatic heterocycles. The fourth-order valence-corrected chi connectivity index (χ4v) is 1.75. The lowest BCUT2D eigenvalue weighted by Gasteiger charge is -2.16. The quantitative estimate of drug-likeness (QED) is 0.760. The molecule has 1 rings (SSSR count). The molecule has 0 bridgehead atoms. The highest BCUT2D eigenvalue weighted by Crippen LogP contribution is 2.17. The smallest absolute Gasteiger partial charge is 0.119 e. The number of hydrogen-bond acceptors (Lipinski definition) is 2. The minimum atomic E-state index is 0.523. The topological polar surface area (TPSA) is 21.3 Å². The molecule has 1 aromatic carbocycles. The van der Waals surface area contributed by atoms with E-state index in [0.29, 0.717) is 6.04 Å². The molecule has 0 saturated heterocycles. The minimum absolute atomic E-state index is 0.523. The standard InChI is InChI=1S/C15H25NO/c1-5-17-15-10-8-14(9-11-15)16-13(4)7-6-12(2)3/h8-13,16H,5-7H2,1-4H3. The van der Waals surface area contributed by atoms with Crippen molar-refractivity contribution in [3.8, 4) is 5.75 Å². The van der Waals surface area contributed by atoms with Crippen molar-refractivity contribution in [1.82, 2.24) is 0 Å². The van der Waals surface area contributed by atoms with E-state index in [4.69, 9.17) is 4.74 Å². The molecule has 2 nitrogen and oxygen atoms in total. The van der Waals surface area contributed by atoms with Crippen molar-refractivity contribution < 1.29 is 4.74 Å². The first-order chi connectivity index (χ1) is 8.11. The lowest BCUT2D eigenvalue weighted by Crippen LogP contribution is -2.15. The Labute approximate surface area is 105 Å². The van der Waals surface area contributed by atoms with Crippen molar-refractivity contribution in [2.75, 3.05) is 11.9 Å². The second-order valence-corrected chi connectivity index (χ2v) is 4.97. The molecule has 2 heteroatoms. The summed E-state index contributed by atoms with van der Waals surface area (Å²) in [7, 11) is 0. The first-order valence-electron chi connectivity index (χ1n) is 6.61. The van der Waals surface area contributed by atoms with Crippen LogP contribution in [0.15, 0.2) is 24.3 Å². The van der Waals surface area contributed by atoms with E-state index >= 15 is 0 Å². The molecule has 0 aliphatic rings. The predicted octanol–water partition coefficient (Wildman–Crippen LogP) is 4.32. The molecular formula is C15H25NO. The number of hydrogen-bond donors (Lipinski definition) is 1. The second-order valence-electron chi connectivity index (χ2n) is 4.97. The highest BCUT2D eigenvalue weighted by Gasteiger charge is 2.03. The van der Waals surface area contributed by atoms with Gasteiger partial charge in [-0.3, -0.25) is 0 Å². The Kier molecular flexibility index (Phi) is 5.88. The Hall–Kier alpha value is -1.18. The second kappa shape index (κ2) is 7.21. The summed E-state index contributed by atoms with van der Waals surface area (Å²) in [5.41, 5.74) is 1.17. The first kappa shape index (κ1) is 13.9. The molecule has 96 valence electrons. The molecule has 0 saturated carbocycles. The molecule has 1 aromatic rings. The average molecular weight is 235 g/mol. The zero-order valence-corrected chi connectivity index (χ0v) is 11.5. The van der Waals surface area contributed by atoms with E-state index in [-0.39, 0.29) is 0 Å². The summed E-state index contributed by atoms with van der Waals surface area (Å²) in [6.45, 7) is 9.49. The predicted molar refractivity (Wildman–Crippen MR) is 74.8 cm³/mol. The summed E-state index contributed by atoms with van der Waals surface area (Å²) in [5, 5.41) is 3.51. The van der Waals surface area contributed by atoms with Crippen LogP contribution in [0.2, 0.25) is 0 Å². The van der Waals surface area contributed by atoms with Crippen LogP contribution in [0.5, 0.6) is 5.75 Å². The molecule has 0 radical (unpaired) electrons. The SMILES string of the molecule is CCOc1ccc(NC(C)CCC(C)C)cc1. The molecule has 1 unspecified atom stereocenters. The van der Waals surface area contributed by atoms with E-state index < -0.39 is 0 Å². The molecule has 0 aromatic heterocycles. The van der Waals surface area contributed by atoms with Gasteiger partial charge in [-0.2, -0.15) is 0 Å². The zero-order valence-electron chi connectivity index (χ0n) is 11.5. The van der Waals surface area contributed by atoms with Gasteiger partial charge in [0.25, 0.3) is 0 Å². The van der Waals surface area contributed by atoms with Crippen LogP contribution in [0, 0.1) is 5.92 Å². The number of rotatable bonds is 7. The largest absolute Gasteiger partial charge is 0.494 e. The average Bonchev–Trinajstić information content (AvgIpc) is 2.29. The van der Waals surface area contributed by atoms with Crippen molar-refractivity contribution in [2.45, 2.75) is 46.6 Å². The van der Waals surface area contributed by atoms with E-state index in [1.807, 2.05) is 19.1 Å². The van der Waals surface area contributed by atoms with Gasteiger partial charge in [-0.05, 0) is 56.9 Å². The van der Waals surface area contributed by atoms with E-state index in [2.05, 4.69) is 38.2 Å². The van der Waals surface area contributed by atoms with E-state index in [1.165, 1.54) is 18.5 Å². The van der Waals surface area contributed by atoms with Gasteiger partial charge in [-0.15, -0.1) is 0 Å². The molecule has 0 spiro atoms. The fourth-order valence-electron chi connectivity index (χ4n) is 1.75. The molecule has 1 N–H and O–H groups in total. The van der Waals surface area contributed by atoms with Gasteiger partial charge in [-0.25, -0.2) is 0 Å². The van der Waals surface area contributed by atoms with Gasteiger partial charge >= 0.3 is 0 Å². The lowest BCUT2D eigenvalue weighted by atomic mass is 10.0. The van der Waals surface area contributed by atoms with Crippen LogP contribution in [0.4, 0.5) is 5.69 Å². The number of nitrogens with one attached hydrogen (secondary N) is 1. The molecular weight excluding hydrogens is 210 g/mol. The van der Waals surface area contributed by atoms with Gasteiger partial charge in [0, 0.05) is 11.7 Å². The molecule has 1 atom stereocenters. The van der Waals surface area contributed by atoms with E-state index in [0.717, 1.165) is 18.3 Å². The monoisotopic (exact) mass is 235 g/mol. The molecule has 0 heterocycles. The Morgan fingerprint density at radius 3 is 2.24 bits per heavy atom. The van der Waals surface area contributed by atoms with Crippen LogP contribution < -0.4 is 10.1 Å². The Balaban J connectivity index is 2.40. The van der Waals surface area contributed by atoms with Crippen LogP contribution in [-0.2, 0) is 0 Å². The van der Waals surface area contributed by atoms with Crippen molar-refractivity contribution in [3.63, 3.8) is 0 Å². The summed E-state index contributed by atoms with van der Waals surface area (Å²) >= 11 is 0. The zero-order chi connectivity index (χ0) is 12.7. The summed E-state index contributed by atoms with van der Waals surface area (Å²) < 4.78 is 5.42. The van der Waals surface area contributed by atoms with Gasteiger partial charge < -0.3 is 10.1 Å². The van der Waals surface area contributed by atoms with Gasteiger partial charge in [0.05, 0.1) is 6.61 Å². The van der Waals surface area contributed by atoms with Crippen LogP contribution >= 0.6 is 0 Å². The maximum atomic E-state index is 5.42.